The number of aliphatic hydroxyl groups excluding tert-OH is 1. The van der Waals surface area contributed by atoms with Crippen LogP contribution in [-0.4, -0.2) is 35.7 Å². The quantitative estimate of drug-likeness (QED) is 0.631. The summed E-state index contributed by atoms with van der Waals surface area (Å²) in [5, 5.41) is 10.7. The number of rotatable bonds is 6. The lowest BCUT2D eigenvalue weighted by Gasteiger charge is -2.04. The van der Waals surface area contributed by atoms with Crippen LogP contribution in [0.3, 0.4) is 0 Å². The van der Waals surface area contributed by atoms with Crippen LogP contribution < -0.4 is 4.74 Å². The number of halogens is 1. The van der Waals surface area contributed by atoms with Gasteiger partial charge < -0.3 is 14.6 Å². The van der Waals surface area contributed by atoms with Crippen molar-refractivity contribution in [2.45, 2.75) is 26.7 Å². The van der Waals surface area contributed by atoms with Gasteiger partial charge in [-0.2, -0.15) is 0 Å². The van der Waals surface area contributed by atoms with Gasteiger partial charge in [0.15, 0.2) is 0 Å². The van der Waals surface area contributed by atoms with Crippen LogP contribution in [0.4, 0.5) is 0 Å². The number of ether oxygens (including phenoxy) is 2. The van der Waals surface area contributed by atoms with Gasteiger partial charge in [-0.25, -0.2) is 9.79 Å². The van der Waals surface area contributed by atoms with Gasteiger partial charge in [-0.05, 0) is 53.0 Å². The molecule has 1 aromatic carbocycles. The Kier molecular flexibility index (Phi) is 7.67. The van der Waals surface area contributed by atoms with E-state index in [9.17, 15) is 14.7 Å². The maximum absolute atomic E-state index is 12.2. The van der Waals surface area contributed by atoms with Crippen LogP contribution in [0.1, 0.15) is 32.3 Å². The Hall–Kier alpha value is -2.06. The van der Waals surface area contributed by atoms with Crippen molar-refractivity contribution < 1.29 is 24.2 Å². The summed E-state index contributed by atoms with van der Waals surface area (Å²) in [5.41, 5.74) is 0.700. The topological polar surface area (TPSA) is 85.2 Å². The monoisotopic (exact) mass is 453 g/mol. The summed E-state index contributed by atoms with van der Waals surface area (Å²) in [5.74, 6) is -0.614. The van der Waals surface area contributed by atoms with Gasteiger partial charge in [0.1, 0.15) is 22.1 Å². The van der Waals surface area contributed by atoms with Gasteiger partial charge in [-0.3, -0.25) is 4.79 Å². The number of aliphatic hydroxyl groups is 1. The lowest BCUT2D eigenvalue weighted by Crippen LogP contribution is -2.14. The van der Waals surface area contributed by atoms with Crippen LogP contribution in [-0.2, 0) is 14.3 Å². The molecule has 0 atom stereocenters. The van der Waals surface area contributed by atoms with E-state index in [-0.39, 0.29) is 35.3 Å². The number of esters is 1. The van der Waals surface area contributed by atoms with Crippen LogP contribution in [0.2, 0.25) is 0 Å². The van der Waals surface area contributed by atoms with E-state index in [0.717, 1.165) is 21.8 Å². The second-order valence-electron chi connectivity index (χ2n) is 5.51. The molecule has 0 bridgehead atoms. The minimum atomic E-state index is -0.704. The SMILES string of the molecule is CCCC(=O)N=C1S/C(=C\c2ccc(OC)c(Br)c2)C(O)=C1C(=O)OCC. The number of nitrogens with zero attached hydrogens (tertiary/aromatic N) is 1. The second kappa shape index (κ2) is 9.75. The average Bonchev–Trinajstić information content (AvgIpc) is 2.90. The van der Waals surface area contributed by atoms with Crippen molar-refractivity contribution in [3.05, 3.63) is 44.5 Å². The molecule has 0 aromatic heterocycles. The summed E-state index contributed by atoms with van der Waals surface area (Å²) >= 11 is 4.48. The fourth-order valence-electron chi connectivity index (χ4n) is 2.30. The number of carbonyl (C=O) groups is 2. The Morgan fingerprint density at radius 3 is 2.67 bits per heavy atom. The van der Waals surface area contributed by atoms with Gasteiger partial charge in [0.2, 0.25) is 5.91 Å². The molecule has 144 valence electrons. The zero-order valence-electron chi connectivity index (χ0n) is 15.2. The van der Waals surface area contributed by atoms with Crippen molar-refractivity contribution in [2.75, 3.05) is 13.7 Å². The van der Waals surface area contributed by atoms with Crippen molar-refractivity contribution in [3.8, 4) is 5.75 Å². The standard InChI is InChI=1S/C19H20BrNO5S/c1-4-6-15(22)21-18-16(19(24)26-5-2)17(23)14(27-18)10-11-7-8-13(25-3)12(20)9-11/h7-10,23H,4-6H2,1-3H3/b14-10-,21-18?. The van der Waals surface area contributed by atoms with Crippen LogP contribution >= 0.6 is 27.7 Å². The highest BCUT2D eigenvalue weighted by Crippen LogP contribution is 2.39. The molecule has 0 aliphatic carbocycles. The molecule has 6 nitrogen and oxygen atoms in total. The molecular formula is C19H20BrNO5S. The molecule has 0 spiro atoms. The minimum Gasteiger partial charge on any atom is -0.506 e. The van der Waals surface area contributed by atoms with Gasteiger partial charge in [0.25, 0.3) is 0 Å². The Bertz CT molecular complexity index is 845. The molecule has 1 N–H and O–H groups in total. The molecule has 27 heavy (non-hydrogen) atoms. The van der Waals surface area contributed by atoms with E-state index >= 15 is 0 Å². The molecule has 0 unspecified atom stereocenters. The molecule has 1 aliphatic rings. The Morgan fingerprint density at radius 2 is 2.07 bits per heavy atom. The third-order valence-corrected chi connectivity index (χ3v) is 5.17. The van der Waals surface area contributed by atoms with Gasteiger partial charge in [0, 0.05) is 6.42 Å². The number of hydrogen-bond donors (Lipinski definition) is 1. The number of hydrogen-bond acceptors (Lipinski definition) is 6. The summed E-state index contributed by atoms with van der Waals surface area (Å²) in [4.78, 5) is 28.6. The second-order valence-corrected chi connectivity index (χ2v) is 7.39. The van der Waals surface area contributed by atoms with Crippen LogP contribution in [0.25, 0.3) is 6.08 Å². The molecule has 0 saturated heterocycles. The van der Waals surface area contributed by atoms with Crippen molar-refractivity contribution in [3.63, 3.8) is 0 Å². The summed E-state index contributed by atoms with van der Waals surface area (Å²) < 4.78 is 11.0. The van der Waals surface area contributed by atoms with Crippen molar-refractivity contribution >= 4 is 50.7 Å². The first-order chi connectivity index (χ1) is 12.9. The summed E-state index contributed by atoms with van der Waals surface area (Å²) in [6.07, 6.45) is 2.62. The van der Waals surface area contributed by atoms with Crippen molar-refractivity contribution in [2.24, 2.45) is 4.99 Å². The molecule has 1 heterocycles. The predicted octanol–water partition coefficient (Wildman–Crippen LogP) is 4.65. The third kappa shape index (κ3) is 5.23. The molecule has 8 heteroatoms. The highest BCUT2D eigenvalue weighted by molar-refractivity contribution is 9.10. The number of carbonyl (C=O) groups excluding carboxylic acids is 2. The molecule has 0 radical (unpaired) electrons. The van der Waals surface area contributed by atoms with Crippen LogP contribution in [0, 0.1) is 0 Å². The number of aliphatic imine (C=N–C) groups is 1. The molecule has 1 amide bonds. The minimum absolute atomic E-state index is 0.0786. The maximum Gasteiger partial charge on any atom is 0.344 e. The fourth-order valence-corrected chi connectivity index (χ4v) is 3.89. The molecule has 1 aliphatic heterocycles. The first kappa shape index (κ1) is 21.2. The molecule has 1 aromatic rings. The predicted molar refractivity (Wildman–Crippen MR) is 110 cm³/mol. The van der Waals surface area contributed by atoms with Gasteiger partial charge in [-0.1, -0.05) is 24.8 Å². The van der Waals surface area contributed by atoms with Gasteiger partial charge in [0.05, 0.1) is 23.1 Å². The van der Waals surface area contributed by atoms with Crippen LogP contribution in [0.15, 0.2) is 43.9 Å². The van der Waals surface area contributed by atoms with E-state index in [1.165, 1.54) is 0 Å². The van der Waals surface area contributed by atoms with Crippen molar-refractivity contribution in [1.29, 1.82) is 0 Å². The van der Waals surface area contributed by atoms with Crippen molar-refractivity contribution in [1.82, 2.24) is 0 Å². The van der Waals surface area contributed by atoms with E-state index in [4.69, 9.17) is 9.47 Å². The fraction of sp³-hybridized carbons (Fsp3) is 0.316. The first-order valence-corrected chi connectivity index (χ1v) is 9.97. The summed E-state index contributed by atoms with van der Waals surface area (Å²) in [6.45, 7) is 3.69. The van der Waals surface area contributed by atoms with E-state index in [1.807, 2.05) is 19.1 Å². The molecular weight excluding hydrogens is 434 g/mol. The number of benzene rings is 1. The number of thioether (sulfide) groups is 1. The Balaban J connectivity index is 2.44. The lowest BCUT2D eigenvalue weighted by atomic mass is 10.1. The molecule has 0 fully saturated rings. The summed E-state index contributed by atoms with van der Waals surface area (Å²) in [6, 6.07) is 5.41. The van der Waals surface area contributed by atoms with E-state index in [1.54, 1.807) is 26.2 Å². The normalized spacial score (nSPS) is 16.9. The van der Waals surface area contributed by atoms with E-state index in [0.29, 0.717) is 17.1 Å². The highest BCUT2D eigenvalue weighted by Gasteiger charge is 2.33. The number of methoxy groups -OCH3 is 1. The van der Waals surface area contributed by atoms with E-state index in [2.05, 4.69) is 20.9 Å². The lowest BCUT2D eigenvalue weighted by molar-refractivity contribution is -0.138. The third-order valence-electron chi connectivity index (χ3n) is 3.53. The average molecular weight is 454 g/mol. The molecule has 0 saturated carbocycles. The maximum atomic E-state index is 12.2. The largest absolute Gasteiger partial charge is 0.506 e. The molecule has 2 rings (SSSR count). The summed E-state index contributed by atoms with van der Waals surface area (Å²) in [7, 11) is 1.57. The van der Waals surface area contributed by atoms with E-state index < -0.39 is 5.97 Å². The smallest absolute Gasteiger partial charge is 0.344 e. The first-order valence-electron chi connectivity index (χ1n) is 8.36. The highest BCUT2D eigenvalue weighted by atomic mass is 79.9. The zero-order chi connectivity index (χ0) is 20.0. The van der Waals surface area contributed by atoms with Gasteiger partial charge in [-0.15, -0.1) is 0 Å². The number of amides is 1. The van der Waals surface area contributed by atoms with Crippen LogP contribution in [0.5, 0.6) is 5.75 Å². The van der Waals surface area contributed by atoms with Gasteiger partial charge >= 0.3 is 5.97 Å². The zero-order valence-corrected chi connectivity index (χ0v) is 17.6. The Morgan fingerprint density at radius 1 is 1.33 bits per heavy atom. The Labute approximate surface area is 170 Å².